The number of thiophene rings is 1. The van der Waals surface area contributed by atoms with Gasteiger partial charge in [-0.2, -0.15) is 0 Å². The molecule has 2 aromatic carbocycles. The van der Waals surface area contributed by atoms with Crippen LogP contribution < -0.4 is 10.6 Å². The average molecular weight is 674 g/mol. The van der Waals surface area contributed by atoms with Gasteiger partial charge in [0.25, 0.3) is 5.91 Å². The fourth-order valence-corrected chi connectivity index (χ4v) is 8.57. The van der Waals surface area contributed by atoms with Crippen molar-refractivity contribution >= 4 is 33.2 Å². The molecule has 1 saturated carbocycles. The minimum atomic E-state index is -1.03. The van der Waals surface area contributed by atoms with Crippen LogP contribution in [0.15, 0.2) is 54.6 Å². The average Bonchev–Trinajstić information content (AvgIpc) is 3.54. The molecule has 1 unspecified atom stereocenters. The second-order valence-electron chi connectivity index (χ2n) is 14.7. The molecule has 48 heavy (non-hydrogen) atoms. The van der Waals surface area contributed by atoms with Crippen molar-refractivity contribution in [3.63, 3.8) is 0 Å². The first-order valence-corrected chi connectivity index (χ1v) is 19.7. The fraction of sp³-hybridized carbons (Fsp3) is 0.610. The Morgan fingerprint density at radius 1 is 0.958 bits per heavy atom. The van der Waals surface area contributed by atoms with Gasteiger partial charge in [-0.25, -0.2) is 0 Å². The summed E-state index contributed by atoms with van der Waals surface area (Å²) in [4.78, 5) is 31.0. The molecule has 6 nitrogen and oxygen atoms in total. The molecule has 2 heterocycles. The van der Waals surface area contributed by atoms with Crippen molar-refractivity contribution < 1.29 is 14.3 Å². The van der Waals surface area contributed by atoms with Crippen molar-refractivity contribution in [1.82, 2.24) is 15.5 Å². The lowest BCUT2D eigenvalue weighted by molar-refractivity contribution is -0.128. The first kappa shape index (κ1) is 36.5. The topological polar surface area (TPSA) is 70.7 Å². The van der Waals surface area contributed by atoms with Crippen LogP contribution in [0.4, 0.5) is 0 Å². The highest BCUT2D eigenvalue weighted by atomic mass is 32.1. The predicted molar refractivity (Wildman–Crippen MR) is 200 cm³/mol. The minimum Gasteiger partial charge on any atom is -0.379 e. The summed E-state index contributed by atoms with van der Waals surface area (Å²) >= 11 is 1.49. The van der Waals surface area contributed by atoms with Crippen molar-refractivity contribution in [3.05, 3.63) is 70.6 Å². The van der Waals surface area contributed by atoms with E-state index in [9.17, 15) is 9.59 Å². The van der Waals surface area contributed by atoms with Crippen LogP contribution >= 0.6 is 11.3 Å². The molecule has 1 aliphatic heterocycles. The second-order valence-corrected chi connectivity index (χ2v) is 15.8. The number of likely N-dealkylation sites (tertiary alicyclic amines) is 1. The highest BCUT2D eigenvalue weighted by Gasteiger charge is 2.36. The molecule has 0 spiro atoms. The molecule has 2 amide bonds. The third-order valence-electron chi connectivity index (χ3n) is 10.7. The van der Waals surface area contributed by atoms with Crippen molar-refractivity contribution in [2.75, 3.05) is 32.8 Å². The molecule has 7 heteroatoms. The van der Waals surface area contributed by atoms with E-state index in [1.807, 2.05) is 31.2 Å². The van der Waals surface area contributed by atoms with Gasteiger partial charge < -0.3 is 20.3 Å². The number of nitrogens with zero attached hydrogens (tertiary/aromatic N) is 1. The Bertz CT molecular complexity index is 1430. The Morgan fingerprint density at radius 2 is 1.73 bits per heavy atom. The Morgan fingerprint density at radius 3 is 2.46 bits per heavy atom. The molecule has 1 aromatic heterocycles. The molecule has 3 aromatic rings. The van der Waals surface area contributed by atoms with Crippen LogP contribution in [-0.2, 0) is 22.4 Å². The quantitative estimate of drug-likeness (QED) is 0.141. The number of hydrogen-bond donors (Lipinski definition) is 2. The maximum Gasteiger partial charge on any atom is 0.262 e. The first-order valence-electron chi connectivity index (χ1n) is 18.8. The van der Waals surface area contributed by atoms with Crippen LogP contribution in [0, 0.1) is 11.8 Å². The maximum absolute atomic E-state index is 14.1. The second kappa shape index (κ2) is 18.3. The molecule has 0 radical (unpaired) electrons. The largest absolute Gasteiger partial charge is 0.379 e. The van der Waals surface area contributed by atoms with E-state index in [1.165, 1.54) is 81.5 Å². The number of piperidine rings is 1. The summed E-state index contributed by atoms with van der Waals surface area (Å²) in [5.74, 6) is 1.29. The normalized spacial score (nSPS) is 18.4. The lowest BCUT2D eigenvalue weighted by atomic mass is 9.87. The number of ether oxygens (including phenoxy) is 1. The van der Waals surface area contributed by atoms with Crippen molar-refractivity contribution in [2.24, 2.45) is 11.8 Å². The molecule has 0 bridgehead atoms. The van der Waals surface area contributed by atoms with Crippen LogP contribution in [0.5, 0.6) is 0 Å². The van der Waals surface area contributed by atoms with Crippen LogP contribution in [0.3, 0.4) is 0 Å². The number of benzene rings is 2. The van der Waals surface area contributed by atoms with Gasteiger partial charge >= 0.3 is 0 Å². The number of amides is 2. The lowest BCUT2D eigenvalue weighted by Crippen LogP contribution is -2.59. The van der Waals surface area contributed by atoms with E-state index in [0.29, 0.717) is 36.9 Å². The van der Waals surface area contributed by atoms with E-state index in [2.05, 4.69) is 59.7 Å². The number of fused-ring (bicyclic) bond motifs is 1. The first-order chi connectivity index (χ1) is 23.3. The van der Waals surface area contributed by atoms with Crippen LogP contribution in [0.25, 0.3) is 10.1 Å². The summed E-state index contributed by atoms with van der Waals surface area (Å²) in [6.07, 6.45) is 14.7. The number of nitrogens with one attached hydrogen (secondary N) is 2. The Labute approximate surface area is 293 Å². The molecular weight excluding hydrogens is 615 g/mol. The smallest absolute Gasteiger partial charge is 0.262 e. The molecule has 2 N–H and O–H groups in total. The number of carbonyl (C=O) groups excluding carboxylic acids is 2. The van der Waals surface area contributed by atoms with Gasteiger partial charge in [-0.05, 0) is 112 Å². The Balaban J connectivity index is 1.16. The monoisotopic (exact) mass is 673 g/mol. The Hall–Kier alpha value is -2.74. The van der Waals surface area contributed by atoms with Crippen molar-refractivity contribution in [1.29, 1.82) is 0 Å². The van der Waals surface area contributed by atoms with Crippen molar-refractivity contribution in [3.8, 4) is 0 Å². The summed E-state index contributed by atoms with van der Waals surface area (Å²) in [6, 6.07) is 18.4. The number of aryl methyl sites for hydroxylation is 1. The van der Waals surface area contributed by atoms with Gasteiger partial charge in [0.05, 0.1) is 17.5 Å². The van der Waals surface area contributed by atoms with Gasteiger partial charge in [-0.15, -0.1) is 11.3 Å². The summed E-state index contributed by atoms with van der Waals surface area (Å²) in [5.41, 5.74) is 1.39. The van der Waals surface area contributed by atoms with E-state index in [4.69, 9.17) is 4.74 Å². The SMILES string of the molecule is CCCCC(C)(NC(=O)c1cc2ccc(CC)cc2s1)C(=O)N[C@@H](COCCC1CCN(CC2CCCCC2)CC1)Cc1ccccc1. The molecule has 1 aliphatic carbocycles. The van der Waals surface area contributed by atoms with Gasteiger partial charge in [0.15, 0.2) is 0 Å². The van der Waals surface area contributed by atoms with E-state index in [1.54, 1.807) is 0 Å². The Kier molecular flexibility index (Phi) is 13.9. The highest BCUT2D eigenvalue weighted by Crippen LogP contribution is 2.29. The van der Waals surface area contributed by atoms with Crippen LogP contribution in [-0.4, -0.2) is 61.1 Å². The highest BCUT2D eigenvalue weighted by molar-refractivity contribution is 7.20. The molecule has 2 fully saturated rings. The minimum absolute atomic E-state index is 0.145. The number of unbranched alkanes of at least 4 members (excludes halogenated alkanes) is 1. The van der Waals surface area contributed by atoms with Gasteiger partial charge in [0, 0.05) is 17.9 Å². The number of carbonyl (C=O) groups is 2. The maximum atomic E-state index is 14.1. The van der Waals surface area contributed by atoms with Crippen molar-refractivity contribution in [2.45, 2.75) is 116 Å². The van der Waals surface area contributed by atoms with Gasteiger partial charge in [-0.1, -0.05) is 88.4 Å². The molecule has 1 saturated heterocycles. The van der Waals surface area contributed by atoms with Crippen LogP contribution in [0.2, 0.25) is 0 Å². The summed E-state index contributed by atoms with van der Waals surface area (Å²) < 4.78 is 7.40. The number of rotatable bonds is 17. The zero-order valence-corrected chi connectivity index (χ0v) is 30.6. The predicted octanol–water partition coefficient (Wildman–Crippen LogP) is 8.57. The molecule has 262 valence electrons. The summed E-state index contributed by atoms with van der Waals surface area (Å²) in [7, 11) is 0. The molecular formula is C41H59N3O3S. The van der Waals surface area contributed by atoms with E-state index < -0.39 is 5.54 Å². The van der Waals surface area contributed by atoms with Crippen LogP contribution in [0.1, 0.15) is 112 Å². The molecule has 2 atom stereocenters. The zero-order chi connectivity index (χ0) is 33.8. The lowest BCUT2D eigenvalue weighted by Gasteiger charge is -2.35. The third-order valence-corrected chi connectivity index (χ3v) is 11.8. The van der Waals surface area contributed by atoms with Gasteiger partial charge in [0.1, 0.15) is 5.54 Å². The zero-order valence-electron chi connectivity index (χ0n) is 29.7. The summed E-state index contributed by atoms with van der Waals surface area (Å²) in [5, 5.41) is 7.53. The summed E-state index contributed by atoms with van der Waals surface area (Å²) in [6.45, 7) is 11.0. The molecule has 2 aliphatic rings. The van der Waals surface area contributed by atoms with Gasteiger partial charge in [0.2, 0.25) is 5.91 Å². The third kappa shape index (κ3) is 10.6. The van der Waals surface area contributed by atoms with E-state index in [0.717, 1.165) is 47.3 Å². The van der Waals surface area contributed by atoms with Gasteiger partial charge in [-0.3, -0.25) is 9.59 Å². The fourth-order valence-electron chi connectivity index (χ4n) is 7.55. The van der Waals surface area contributed by atoms with E-state index in [-0.39, 0.29) is 17.9 Å². The number of hydrogen-bond acceptors (Lipinski definition) is 5. The van der Waals surface area contributed by atoms with E-state index >= 15 is 0 Å². The standard InChI is InChI=1S/C41H59N3O3S/c1-4-6-22-41(3,43-39(45)38-28-35-18-17-31(5-2)27-37(35)48-38)40(46)42-36(26-33-13-9-7-10-14-33)30-47-25-21-32-19-23-44(24-20-32)29-34-15-11-8-12-16-34/h7,9-10,13-14,17-18,27-28,32,34,36H,4-6,8,11-12,15-16,19-26,29-30H2,1-3H3,(H,42,46)(H,43,45)/t36-,41?/m1/s1. The molecule has 5 rings (SSSR count).